The average molecular weight is 499 g/mol. The third-order valence-corrected chi connectivity index (χ3v) is 5.81. The predicted molar refractivity (Wildman–Crippen MR) is 120 cm³/mol. The van der Waals surface area contributed by atoms with Gasteiger partial charge in [-0.2, -0.15) is 8.78 Å². The van der Waals surface area contributed by atoms with Gasteiger partial charge >= 0.3 is 11.8 Å². The van der Waals surface area contributed by atoms with Gasteiger partial charge in [0.05, 0.1) is 45.4 Å². The highest BCUT2D eigenvalue weighted by Gasteiger charge is 2.38. The molecule has 0 aliphatic carbocycles. The van der Waals surface area contributed by atoms with Crippen molar-refractivity contribution < 1.29 is 45.7 Å². The lowest BCUT2D eigenvalue weighted by Gasteiger charge is -2.14. The summed E-state index contributed by atoms with van der Waals surface area (Å²) in [6, 6.07) is 6.98. The van der Waals surface area contributed by atoms with Crippen molar-refractivity contribution >= 4 is 33.8 Å². The molecule has 0 saturated carbocycles. The minimum absolute atomic E-state index is 0.000514. The molecule has 0 spiro atoms. The fraction of sp³-hybridized carbons (Fsp3) is 0.273. The van der Waals surface area contributed by atoms with E-state index in [-0.39, 0.29) is 17.0 Å². The van der Waals surface area contributed by atoms with E-state index in [1.807, 2.05) is 5.32 Å². The first kappa shape index (κ1) is 26.6. The van der Waals surface area contributed by atoms with Crippen LogP contribution in [0.25, 0.3) is 6.08 Å². The summed E-state index contributed by atoms with van der Waals surface area (Å²) in [7, 11) is 1.62. The second kappa shape index (κ2) is 11.0. The number of sulfone groups is 1. The minimum Gasteiger partial charge on any atom is -0.496 e. The Labute approximate surface area is 195 Å². The quantitative estimate of drug-likeness (QED) is 0.370. The lowest BCUT2D eigenvalue weighted by atomic mass is 10.1. The van der Waals surface area contributed by atoms with Gasteiger partial charge < -0.3 is 24.3 Å². The van der Waals surface area contributed by atoms with Crippen LogP contribution in [0.4, 0.5) is 14.5 Å². The maximum absolute atomic E-state index is 13.3. The van der Waals surface area contributed by atoms with Crippen molar-refractivity contribution in [2.75, 3.05) is 33.8 Å². The van der Waals surface area contributed by atoms with Gasteiger partial charge in [0.2, 0.25) is 0 Å². The molecule has 2 aromatic carbocycles. The van der Waals surface area contributed by atoms with Crippen molar-refractivity contribution in [3.63, 3.8) is 0 Å². The number of carbonyl (C=O) groups is 2. The van der Waals surface area contributed by atoms with Gasteiger partial charge in [0, 0.05) is 17.5 Å². The molecule has 0 aliphatic heterocycles. The molecule has 0 aliphatic rings. The Morgan fingerprint density at radius 1 is 0.971 bits per heavy atom. The van der Waals surface area contributed by atoms with Crippen LogP contribution in [0.15, 0.2) is 35.7 Å². The Morgan fingerprint density at radius 2 is 1.56 bits per heavy atom. The maximum Gasteiger partial charge on any atom is 0.379 e. The predicted octanol–water partition coefficient (Wildman–Crippen LogP) is 3.08. The summed E-state index contributed by atoms with van der Waals surface area (Å²) >= 11 is 0. The normalized spacial score (nSPS) is 11.7. The van der Waals surface area contributed by atoms with Crippen LogP contribution >= 0.6 is 0 Å². The van der Waals surface area contributed by atoms with Crippen LogP contribution in [0, 0.1) is 0 Å². The van der Waals surface area contributed by atoms with Crippen molar-refractivity contribution in [1.82, 2.24) is 0 Å². The van der Waals surface area contributed by atoms with Gasteiger partial charge in [-0.05, 0) is 23.8 Å². The molecule has 0 unspecified atom stereocenters. The number of hydrogen-bond donors (Lipinski definition) is 1. The van der Waals surface area contributed by atoms with Crippen molar-refractivity contribution in [3.05, 3.63) is 46.9 Å². The first-order chi connectivity index (χ1) is 16.0. The molecule has 0 heterocycles. The maximum atomic E-state index is 13.3. The zero-order valence-electron chi connectivity index (χ0n) is 18.8. The van der Waals surface area contributed by atoms with E-state index in [0.29, 0.717) is 22.8 Å². The summed E-state index contributed by atoms with van der Waals surface area (Å²) in [6.07, 6.45) is 0.499. The van der Waals surface area contributed by atoms with Gasteiger partial charge in [-0.3, -0.25) is 9.59 Å². The van der Waals surface area contributed by atoms with E-state index in [4.69, 9.17) is 18.9 Å². The van der Waals surface area contributed by atoms with E-state index in [0.717, 1.165) is 11.5 Å². The molecule has 2 rings (SSSR count). The molecule has 34 heavy (non-hydrogen) atoms. The number of ether oxygens (including phenoxy) is 4. The minimum atomic E-state index is -4.26. The van der Waals surface area contributed by atoms with Crippen LogP contribution < -0.4 is 24.3 Å². The molecule has 1 N–H and O–H groups in total. The van der Waals surface area contributed by atoms with Crippen LogP contribution in [0.3, 0.4) is 0 Å². The van der Waals surface area contributed by atoms with Crippen molar-refractivity contribution in [2.45, 2.75) is 11.7 Å². The van der Waals surface area contributed by atoms with Gasteiger partial charge in [0.15, 0.2) is 16.1 Å². The molecule has 12 heteroatoms. The molecule has 0 bridgehead atoms. The number of nitrogens with one attached hydrogen (secondary N) is 1. The standard InChI is InChI=1S/C22H23F2NO8S/c1-30-15-10-19(32-3)16(20(11-15)33-4)7-8-34(28,29)12-14-5-6-18(31-2)17(9-14)25-21(27)22(23,24)13-26/h5-11,13H,12H2,1-4H3,(H,25,27). The second-order valence-corrected chi connectivity index (χ2v) is 8.67. The molecule has 0 radical (unpaired) electrons. The molecular formula is C22H23F2NO8S. The molecule has 9 nitrogen and oxygen atoms in total. The van der Waals surface area contributed by atoms with E-state index < -0.39 is 33.7 Å². The lowest BCUT2D eigenvalue weighted by molar-refractivity contribution is -0.146. The summed E-state index contributed by atoms with van der Waals surface area (Å²) in [6.45, 7) is 0. The number of hydrogen-bond acceptors (Lipinski definition) is 8. The van der Waals surface area contributed by atoms with Gasteiger partial charge in [0.25, 0.3) is 0 Å². The Bertz CT molecular complexity index is 1170. The smallest absolute Gasteiger partial charge is 0.379 e. The first-order valence-corrected chi connectivity index (χ1v) is 11.2. The van der Waals surface area contributed by atoms with Crippen LogP contribution in [-0.4, -0.2) is 55.0 Å². The summed E-state index contributed by atoms with van der Waals surface area (Å²) in [5, 5.41) is 2.82. The molecule has 0 saturated heterocycles. The fourth-order valence-electron chi connectivity index (χ4n) is 2.85. The SMILES string of the molecule is COc1cc(OC)c(C=CS(=O)(=O)Cc2ccc(OC)c(NC(=O)C(F)(F)C=O)c2)c(OC)c1. The van der Waals surface area contributed by atoms with E-state index in [9.17, 15) is 26.8 Å². The average Bonchev–Trinajstić information content (AvgIpc) is 2.81. The van der Waals surface area contributed by atoms with Crippen LogP contribution in [0.5, 0.6) is 23.0 Å². The first-order valence-electron chi connectivity index (χ1n) is 9.53. The lowest BCUT2D eigenvalue weighted by Crippen LogP contribution is -2.36. The zero-order valence-corrected chi connectivity index (χ0v) is 19.6. The number of rotatable bonds is 11. The Kier molecular flexibility index (Phi) is 8.57. The topological polar surface area (TPSA) is 117 Å². The summed E-state index contributed by atoms with van der Waals surface area (Å²) < 4.78 is 72.8. The molecular weight excluding hydrogens is 476 g/mol. The van der Waals surface area contributed by atoms with Gasteiger partial charge in [0.1, 0.15) is 23.0 Å². The fourth-order valence-corrected chi connectivity index (χ4v) is 3.93. The highest BCUT2D eigenvalue weighted by molar-refractivity contribution is 7.93. The Hall–Kier alpha value is -3.67. The van der Waals surface area contributed by atoms with Gasteiger partial charge in [-0.1, -0.05) is 6.07 Å². The highest BCUT2D eigenvalue weighted by atomic mass is 32.2. The molecule has 0 aromatic heterocycles. The number of carbonyl (C=O) groups excluding carboxylic acids is 2. The Morgan fingerprint density at radius 3 is 2.06 bits per heavy atom. The van der Waals surface area contributed by atoms with Crippen molar-refractivity contribution in [1.29, 1.82) is 0 Å². The number of halogens is 2. The van der Waals surface area contributed by atoms with Gasteiger partial charge in [-0.15, -0.1) is 0 Å². The molecule has 0 atom stereocenters. The van der Waals surface area contributed by atoms with Crippen molar-refractivity contribution in [2.24, 2.45) is 0 Å². The number of amides is 1. The molecule has 2 aromatic rings. The summed E-state index contributed by atoms with van der Waals surface area (Å²) in [5.74, 6) is -5.59. The molecule has 184 valence electrons. The third kappa shape index (κ3) is 6.44. The molecule has 1 amide bonds. The van der Waals surface area contributed by atoms with E-state index in [1.165, 1.54) is 46.6 Å². The van der Waals surface area contributed by atoms with Crippen LogP contribution in [-0.2, 0) is 25.2 Å². The van der Waals surface area contributed by atoms with E-state index in [1.54, 1.807) is 12.1 Å². The monoisotopic (exact) mass is 499 g/mol. The molecule has 0 fully saturated rings. The highest BCUT2D eigenvalue weighted by Crippen LogP contribution is 2.35. The second-order valence-electron chi connectivity index (χ2n) is 6.79. The van der Waals surface area contributed by atoms with Gasteiger partial charge in [-0.25, -0.2) is 8.42 Å². The summed E-state index contributed by atoms with van der Waals surface area (Å²) in [4.78, 5) is 22.1. The largest absolute Gasteiger partial charge is 0.496 e. The van der Waals surface area contributed by atoms with E-state index >= 15 is 0 Å². The number of aldehydes is 1. The number of anilines is 1. The van der Waals surface area contributed by atoms with E-state index in [2.05, 4.69) is 0 Å². The number of methoxy groups -OCH3 is 4. The van der Waals surface area contributed by atoms with Crippen LogP contribution in [0.2, 0.25) is 0 Å². The third-order valence-electron chi connectivity index (χ3n) is 4.53. The van der Waals surface area contributed by atoms with Crippen LogP contribution in [0.1, 0.15) is 11.1 Å². The zero-order chi connectivity index (χ0) is 25.5. The number of benzene rings is 2. The van der Waals surface area contributed by atoms with Crippen molar-refractivity contribution in [3.8, 4) is 23.0 Å². The number of alkyl halides is 2. The summed E-state index contributed by atoms with van der Waals surface area (Å²) in [5.41, 5.74) is 0.307. The Balaban J connectivity index is 2.34.